The van der Waals surface area contributed by atoms with Crippen LogP contribution in [0.1, 0.15) is 13.3 Å². The first-order chi connectivity index (χ1) is 10.9. The van der Waals surface area contributed by atoms with Gasteiger partial charge in [0.05, 0.1) is 13.1 Å². The fourth-order valence-corrected chi connectivity index (χ4v) is 1.73. The molecule has 126 valence electrons. The van der Waals surface area contributed by atoms with Crippen LogP contribution in [0.4, 0.5) is 14.9 Å². The van der Waals surface area contributed by atoms with Crippen molar-refractivity contribution in [2.24, 2.45) is 0 Å². The SMILES string of the molecule is CCCNC(=O)NC(=O)CN(C)CC(=O)Nc1ccc(F)cc1. The Morgan fingerprint density at radius 1 is 1.09 bits per heavy atom. The van der Waals surface area contributed by atoms with Crippen molar-refractivity contribution < 1.29 is 18.8 Å². The van der Waals surface area contributed by atoms with E-state index in [2.05, 4.69) is 16.0 Å². The van der Waals surface area contributed by atoms with E-state index >= 15 is 0 Å². The fourth-order valence-electron chi connectivity index (χ4n) is 1.73. The molecule has 0 unspecified atom stereocenters. The molecule has 0 bridgehead atoms. The van der Waals surface area contributed by atoms with Gasteiger partial charge in [0.15, 0.2) is 0 Å². The summed E-state index contributed by atoms with van der Waals surface area (Å²) in [5, 5.41) is 7.27. The van der Waals surface area contributed by atoms with Crippen LogP contribution in [0.2, 0.25) is 0 Å². The molecule has 7 nitrogen and oxygen atoms in total. The van der Waals surface area contributed by atoms with Crippen molar-refractivity contribution in [2.45, 2.75) is 13.3 Å². The van der Waals surface area contributed by atoms with Gasteiger partial charge in [-0.1, -0.05) is 6.92 Å². The zero-order chi connectivity index (χ0) is 17.2. The Morgan fingerprint density at radius 3 is 2.30 bits per heavy atom. The number of likely N-dealkylation sites (N-methyl/N-ethyl adjacent to an activating group) is 1. The molecule has 1 aromatic carbocycles. The van der Waals surface area contributed by atoms with Gasteiger partial charge in [0.25, 0.3) is 0 Å². The highest BCUT2D eigenvalue weighted by atomic mass is 19.1. The predicted molar refractivity (Wildman–Crippen MR) is 84.4 cm³/mol. The first-order valence-electron chi connectivity index (χ1n) is 7.22. The summed E-state index contributed by atoms with van der Waals surface area (Å²) in [6.45, 7) is 2.24. The summed E-state index contributed by atoms with van der Waals surface area (Å²) in [4.78, 5) is 36.2. The van der Waals surface area contributed by atoms with Crippen molar-refractivity contribution in [3.8, 4) is 0 Å². The molecule has 0 aliphatic heterocycles. The number of rotatable bonds is 7. The van der Waals surface area contributed by atoms with Crippen LogP contribution in [0.25, 0.3) is 0 Å². The Balaban J connectivity index is 2.33. The molecule has 0 heterocycles. The zero-order valence-electron chi connectivity index (χ0n) is 13.2. The molecule has 0 aromatic heterocycles. The molecule has 8 heteroatoms. The quantitative estimate of drug-likeness (QED) is 0.696. The number of hydrogen-bond acceptors (Lipinski definition) is 4. The van der Waals surface area contributed by atoms with E-state index in [1.807, 2.05) is 6.92 Å². The van der Waals surface area contributed by atoms with E-state index in [-0.39, 0.29) is 19.0 Å². The summed E-state index contributed by atoms with van der Waals surface area (Å²) in [6, 6.07) is 4.81. The number of carbonyl (C=O) groups excluding carboxylic acids is 3. The summed E-state index contributed by atoms with van der Waals surface area (Å²) in [5.41, 5.74) is 0.466. The fraction of sp³-hybridized carbons (Fsp3) is 0.400. The van der Waals surface area contributed by atoms with Gasteiger partial charge in [0.1, 0.15) is 5.82 Å². The maximum Gasteiger partial charge on any atom is 0.321 e. The molecule has 1 rings (SSSR count). The third kappa shape index (κ3) is 7.91. The number of amides is 4. The Hall–Kier alpha value is -2.48. The lowest BCUT2D eigenvalue weighted by atomic mass is 10.3. The van der Waals surface area contributed by atoms with Gasteiger partial charge < -0.3 is 10.6 Å². The molecule has 0 saturated heterocycles. The van der Waals surface area contributed by atoms with Gasteiger partial charge in [-0.25, -0.2) is 9.18 Å². The molecular formula is C15H21FN4O3. The second-order valence-corrected chi connectivity index (χ2v) is 5.03. The molecule has 23 heavy (non-hydrogen) atoms. The molecule has 3 N–H and O–H groups in total. The molecule has 0 aliphatic carbocycles. The summed E-state index contributed by atoms with van der Waals surface area (Å²) < 4.78 is 12.8. The molecule has 1 aromatic rings. The van der Waals surface area contributed by atoms with Crippen LogP contribution in [0.5, 0.6) is 0 Å². The van der Waals surface area contributed by atoms with Crippen LogP contribution < -0.4 is 16.0 Å². The largest absolute Gasteiger partial charge is 0.338 e. The van der Waals surface area contributed by atoms with Crippen LogP contribution in [0.15, 0.2) is 24.3 Å². The molecule has 0 spiro atoms. The van der Waals surface area contributed by atoms with Gasteiger partial charge in [0.2, 0.25) is 11.8 Å². The second-order valence-electron chi connectivity index (χ2n) is 5.03. The van der Waals surface area contributed by atoms with Crippen LogP contribution in [-0.2, 0) is 9.59 Å². The number of imide groups is 1. The molecule has 0 atom stereocenters. The van der Waals surface area contributed by atoms with Crippen LogP contribution >= 0.6 is 0 Å². The van der Waals surface area contributed by atoms with Gasteiger partial charge in [-0.15, -0.1) is 0 Å². The zero-order valence-corrected chi connectivity index (χ0v) is 13.2. The monoisotopic (exact) mass is 324 g/mol. The van der Waals surface area contributed by atoms with E-state index in [0.717, 1.165) is 6.42 Å². The Kier molecular flexibility index (Phi) is 7.69. The molecule has 0 saturated carbocycles. The van der Waals surface area contributed by atoms with Gasteiger partial charge >= 0.3 is 6.03 Å². The van der Waals surface area contributed by atoms with E-state index in [1.165, 1.54) is 29.2 Å². The third-order valence-electron chi connectivity index (χ3n) is 2.74. The minimum atomic E-state index is -0.555. The lowest BCUT2D eigenvalue weighted by molar-refractivity contribution is -0.122. The number of benzene rings is 1. The lowest BCUT2D eigenvalue weighted by Crippen LogP contribution is -2.45. The number of halogens is 1. The maximum absolute atomic E-state index is 12.8. The first kappa shape index (κ1) is 18.6. The molecular weight excluding hydrogens is 303 g/mol. The van der Waals surface area contributed by atoms with E-state index in [9.17, 15) is 18.8 Å². The molecule has 0 radical (unpaired) electrons. The number of nitrogens with one attached hydrogen (secondary N) is 3. The van der Waals surface area contributed by atoms with Gasteiger partial charge in [-0.3, -0.25) is 19.8 Å². The Labute approximate surface area is 134 Å². The number of carbonyl (C=O) groups is 3. The van der Waals surface area contributed by atoms with E-state index in [0.29, 0.717) is 12.2 Å². The summed E-state index contributed by atoms with van der Waals surface area (Å²) in [5.74, 6) is -1.24. The Morgan fingerprint density at radius 2 is 1.70 bits per heavy atom. The lowest BCUT2D eigenvalue weighted by Gasteiger charge is -2.15. The van der Waals surface area contributed by atoms with Crippen molar-refractivity contribution in [3.63, 3.8) is 0 Å². The standard InChI is InChI=1S/C15H21FN4O3/c1-3-8-17-15(23)19-14(22)10-20(2)9-13(21)18-12-6-4-11(16)5-7-12/h4-7H,3,8-10H2,1-2H3,(H,18,21)(H2,17,19,22,23). The van der Waals surface area contributed by atoms with Crippen molar-refractivity contribution >= 4 is 23.5 Å². The van der Waals surface area contributed by atoms with Gasteiger partial charge in [-0.05, 0) is 37.7 Å². The van der Waals surface area contributed by atoms with Crippen molar-refractivity contribution in [2.75, 3.05) is 32.0 Å². The number of hydrogen-bond donors (Lipinski definition) is 3. The Bertz CT molecular complexity index is 548. The normalized spacial score (nSPS) is 10.3. The minimum Gasteiger partial charge on any atom is -0.338 e. The summed E-state index contributed by atoms with van der Waals surface area (Å²) in [6.07, 6.45) is 0.769. The number of anilines is 1. The maximum atomic E-state index is 12.8. The average molecular weight is 324 g/mol. The van der Waals surface area contributed by atoms with Crippen LogP contribution in [0, 0.1) is 5.82 Å². The minimum absolute atomic E-state index is 0.0403. The van der Waals surface area contributed by atoms with E-state index in [1.54, 1.807) is 7.05 Å². The highest BCUT2D eigenvalue weighted by Crippen LogP contribution is 2.07. The second kappa shape index (κ2) is 9.52. The number of nitrogens with zero attached hydrogens (tertiary/aromatic N) is 1. The average Bonchev–Trinajstić information content (AvgIpc) is 2.47. The van der Waals surface area contributed by atoms with E-state index in [4.69, 9.17) is 0 Å². The molecule has 4 amide bonds. The highest BCUT2D eigenvalue weighted by molar-refractivity contribution is 5.96. The number of urea groups is 1. The van der Waals surface area contributed by atoms with Crippen LogP contribution in [0.3, 0.4) is 0 Å². The van der Waals surface area contributed by atoms with Crippen molar-refractivity contribution in [1.82, 2.24) is 15.5 Å². The molecule has 0 fully saturated rings. The molecule has 0 aliphatic rings. The van der Waals surface area contributed by atoms with E-state index < -0.39 is 17.8 Å². The van der Waals surface area contributed by atoms with Gasteiger partial charge in [0, 0.05) is 12.2 Å². The first-order valence-corrected chi connectivity index (χ1v) is 7.22. The summed E-state index contributed by atoms with van der Waals surface area (Å²) in [7, 11) is 1.58. The highest BCUT2D eigenvalue weighted by Gasteiger charge is 2.13. The summed E-state index contributed by atoms with van der Waals surface area (Å²) >= 11 is 0. The topological polar surface area (TPSA) is 90.5 Å². The van der Waals surface area contributed by atoms with Crippen LogP contribution in [-0.4, -0.2) is 49.4 Å². The van der Waals surface area contributed by atoms with Crippen molar-refractivity contribution in [1.29, 1.82) is 0 Å². The predicted octanol–water partition coefficient (Wildman–Crippen LogP) is 0.932. The third-order valence-corrected chi connectivity index (χ3v) is 2.74. The van der Waals surface area contributed by atoms with Gasteiger partial charge in [-0.2, -0.15) is 0 Å². The van der Waals surface area contributed by atoms with Crippen molar-refractivity contribution in [3.05, 3.63) is 30.1 Å². The smallest absolute Gasteiger partial charge is 0.321 e.